The van der Waals surface area contributed by atoms with Crippen molar-refractivity contribution in [1.82, 2.24) is 4.57 Å². The van der Waals surface area contributed by atoms with Crippen LogP contribution in [0.3, 0.4) is 0 Å². The number of rotatable bonds is 0. The zero-order chi connectivity index (χ0) is 13.7. The van der Waals surface area contributed by atoms with Crippen LogP contribution in [0.25, 0.3) is 9.40 Å². The summed E-state index contributed by atoms with van der Waals surface area (Å²) in [6, 6.07) is 0. The van der Waals surface area contributed by atoms with Gasteiger partial charge in [-0.3, -0.25) is 4.57 Å². The van der Waals surface area contributed by atoms with Gasteiger partial charge in [-0.2, -0.15) is 0 Å². The van der Waals surface area contributed by atoms with Gasteiger partial charge in [0.05, 0.1) is 9.40 Å². The van der Waals surface area contributed by atoms with Crippen LogP contribution in [0.1, 0.15) is 32.2 Å². The van der Waals surface area contributed by atoms with Crippen molar-refractivity contribution in [2.24, 2.45) is 0 Å². The molecule has 0 atom stereocenters. The Kier molecular flexibility index (Phi) is 3.38. The summed E-state index contributed by atoms with van der Waals surface area (Å²) in [6.45, 7) is 9.45. The van der Waals surface area contributed by atoms with Crippen LogP contribution in [0.2, 0.25) is 0 Å². The maximum Gasteiger partial charge on any atom is 0.419 e. The lowest BCUT2D eigenvalue weighted by atomic mass is 10.2. The van der Waals surface area contributed by atoms with Crippen molar-refractivity contribution in [2.75, 3.05) is 0 Å². The van der Waals surface area contributed by atoms with Crippen LogP contribution >= 0.6 is 34.9 Å². The minimum absolute atomic E-state index is 0.320. The topological polar surface area (TPSA) is 31.2 Å². The molecular weight excluding hydrogens is 286 g/mol. The highest BCUT2D eigenvalue weighted by molar-refractivity contribution is 7.77. The van der Waals surface area contributed by atoms with Gasteiger partial charge in [0.2, 0.25) is 0 Å². The third-order valence-electron chi connectivity index (χ3n) is 2.48. The number of carbonyl (C=O) groups is 1. The Bertz CT molecular complexity index is 629. The fraction of sp³-hybridized carbons (Fsp3) is 0.500. The minimum atomic E-state index is -0.486. The number of hydrogen-bond donors (Lipinski definition) is 0. The SMILES string of the molecule is Cc1c2sc(=S)sc2c(C)n1C(=O)OC(C)(C)C. The number of aromatic nitrogens is 1. The second kappa shape index (κ2) is 4.43. The van der Waals surface area contributed by atoms with E-state index in [2.05, 4.69) is 0 Å². The zero-order valence-corrected chi connectivity index (χ0v) is 13.4. The second-order valence-corrected chi connectivity index (χ2v) is 8.32. The highest BCUT2D eigenvalue weighted by atomic mass is 32.2. The summed E-state index contributed by atoms with van der Waals surface area (Å²) in [5.41, 5.74) is 1.34. The van der Waals surface area contributed by atoms with Gasteiger partial charge in [0, 0.05) is 11.4 Å². The summed E-state index contributed by atoms with van der Waals surface area (Å²) in [7, 11) is 0. The summed E-state index contributed by atoms with van der Waals surface area (Å²) < 4.78 is 10.1. The molecule has 0 saturated heterocycles. The van der Waals surface area contributed by atoms with Crippen molar-refractivity contribution < 1.29 is 9.53 Å². The van der Waals surface area contributed by atoms with E-state index >= 15 is 0 Å². The molecular formula is C12H15NO2S3. The Balaban J connectivity index is 2.55. The average molecular weight is 301 g/mol. The minimum Gasteiger partial charge on any atom is -0.443 e. The molecule has 0 unspecified atom stereocenters. The first kappa shape index (κ1) is 13.7. The van der Waals surface area contributed by atoms with Crippen LogP contribution in [-0.2, 0) is 4.74 Å². The fourth-order valence-corrected chi connectivity index (χ4v) is 4.50. The number of aryl methyl sites for hydroxylation is 2. The van der Waals surface area contributed by atoms with E-state index in [4.69, 9.17) is 17.0 Å². The van der Waals surface area contributed by atoms with Gasteiger partial charge in [-0.05, 0) is 34.6 Å². The lowest BCUT2D eigenvalue weighted by molar-refractivity contribution is 0.0532. The molecule has 98 valence electrons. The van der Waals surface area contributed by atoms with E-state index in [1.54, 1.807) is 27.2 Å². The Morgan fingerprint density at radius 3 is 2.00 bits per heavy atom. The smallest absolute Gasteiger partial charge is 0.419 e. The number of ether oxygens (including phenoxy) is 1. The summed E-state index contributed by atoms with van der Waals surface area (Å²) >= 11 is 8.30. The third-order valence-corrected chi connectivity index (χ3v) is 5.35. The number of fused-ring (bicyclic) bond motifs is 1. The normalized spacial score (nSPS) is 12.1. The first-order valence-electron chi connectivity index (χ1n) is 5.55. The van der Waals surface area contributed by atoms with Crippen molar-refractivity contribution in [1.29, 1.82) is 0 Å². The van der Waals surface area contributed by atoms with E-state index in [9.17, 15) is 4.79 Å². The maximum atomic E-state index is 12.2. The number of carbonyl (C=O) groups excluding carboxylic acids is 1. The van der Waals surface area contributed by atoms with Gasteiger partial charge in [0.25, 0.3) is 0 Å². The van der Waals surface area contributed by atoms with E-state index in [0.29, 0.717) is 0 Å². The quantitative estimate of drug-likeness (QED) is 0.649. The first-order chi connectivity index (χ1) is 8.20. The molecule has 0 amide bonds. The fourth-order valence-electron chi connectivity index (χ4n) is 1.79. The van der Waals surface area contributed by atoms with Gasteiger partial charge >= 0.3 is 6.09 Å². The molecule has 2 heterocycles. The summed E-state index contributed by atoms with van der Waals surface area (Å²) in [5, 5.41) is 0. The van der Waals surface area contributed by atoms with Crippen LogP contribution in [0.15, 0.2) is 0 Å². The molecule has 2 rings (SSSR count). The molecule has 0 aliphatic carbocycles. The van der Waals surface area contributed by atoms with Crippen molar-refractivity contribution in [3.8, 4) is 0 Å². The predicted molar refractivity (Wildman–Crippen MR) is 79.6 cm³/mol. The second-order valence-electron chi connectivity index (χ2n) is 5.10. The van der Waals surface area contributed by atoms with Gasteiger partial charge in [0.15, 0.2) is 0 Å². The Morgan fingerprint density at radius 1 is 1.17 bits per heavy atom. The van der Waals surface area contributed by atoms with E-state index < -0.39 is 5.60 Å². The van der Waals surface area contributed by atoms with Crippen LogP contribution in [0.4, 0.5) is 4.79 Å². The molecule has 0 aliphatic heterocycles. The zero-order valence-electron chi connectivity index (χ0n) is 11.0. The summed E-state index contributed by atoms with van der Waals surface area (Å²) in [4.78, 5) is 12.2. The van der Waals surface area contributed by atoms with E-state index in [1.807, 2.05) is 34.6 Å². The van der Waals surface area contributed by atoms with Crippen molar-refractivity contribution >= 4 is 50.4 Å². The number of nitrogens with zero attached hydrogens (tertiary/aromatic N) is 1. The third kappa shape index (κ3) is 2.37. The molecule has 0 fully saturated rings. The van der Waals surface area contributed by atoms with Crippen LogP contribution in [-0.4, -0.2) is 16.3 Å². The van der Waals surface area contributed by atoms with Gasteiger partial charge in [-0.15, -0.1) is 22.7 Å². The molecule has 0 bridgehead atoms. The van der Waals surface area contributed by atoms with Gasteiger partial charge < -0.3 is 4.74 Å². The van der Waals surface area contributed by atoms with Crippen molar-refractivity contribution in [2.45, 2.75) is 40.2 Å². The number of hydrogen-bond acceptors (Lipinski definition) is 5. The average Bonchev–Trinajstić information content (AvgIpc) is 2.65. The highest BCUT2D eigenvalue weighted by Crippen LogP contribution is 2.35. The molecule has 0 saturated carbocycles. The Hall–Kier alpha value is -0.720. The maximum absolute atomic E-state index is 12.2. The Morgan fingerprint density at radius 2 is 1.61 bits per heavy atom. The standard InChI is InChI=1S/C12H15NO2S3/c1-6-8-9(18-11(16)17-8)7(2)13(6)10(14)15-12(3,4)5/h1-5H3. The van der Waals surface area contributed by atoms with Crippen molar-refractivity contribution in [3.63, 3.8) is 0 Å². The van der Waals surface area contributed by atoms with Crippen LogP contribution < -0.4 is 0 Å². The Labute approximate surface area is 119 Å². The molecule has 0 N–H and O–H groups in total. The van der Waals surface area contributed by atoms with Crippen LogP contribution in [0.5, 0.6) is 0 Å². The molecule has 2 aromatic rings. The van der Waals surface area contributed by atoms with Gasteiger partial charge in [-0.25, -0.2) is 4.79 Å². The van der Waals surface area contributed by atoms with E-state index in [0.717, 1.165) is 23.9 Å². The molecule has 0 aliphatic rings. The predicted octanol–water partition coefficient (Wildman–Crippen LogP) is 4.89. The molecule has 2 aromatic heterocycles. The largest absolute Gasteiger partial charge is 0.443 e. The van der Waals surface area contributed by atoms with Crippen molar-refractivity contribution in [3.05, 3.63) is 14.5 Å². The molecule has 3 nitrogen and oxygen atoms in total. The molecule has 18 heavy (non-hydrogen) atoms. The summed E-state index contributed by atoms with van der Waals surface area (Å²) in [5.74, 6) is 0. The molecule has 0 aromatic carbocycles. The highest BCUT2D eigenvalue weighted by Gasteiger charge is 2.23. The van der Waals surface area contributed by atoms with E-state index in [1.165, 1.54) is 0 Å². The van der Waals surface area contributed by atoms with E-state index in [-0.39, 0.29) is 6.09 Å². The first-order valence-corrected chi connectivity index (χ1v) is 7.60. The lowest BCUT2D eigenvalue weighted by Crippen LogP contribution is -2.28. The van der Waals surface area contributed by atoms with Gasteiger partial charge in [-0.1, -0.05) is 12.2 Å². The summed E-state index contributed by atoms with van der Waals surface area (Å²) in [6.07, 6.45) is -0.320. The molecule has 6 heteroatoms. The molecule has 0 spiro atoms. The molecule has 0 radical (unpaired) electrons. The lowest BCUT2D eigenvalue weighted by Gasteiger charge is -2.20. The van der Waals surface area contributed by atoms with Crippen LogP contribution in [0, 0.1) is 17.0 Å². The monoisotopic (exact) mass is 301 g/mol. The van der Waals surface area contributed by atoms with Gasteiger partial charge in [0.1, 0.15) is 8.74 Å².